The minimum atomic E-state index is -1.53. The van der Waals surface area contributed by atoms with E-state index in [1.165, 1.54) is 0 Å². The van der Waals surface area contributed by atoms with Crippen molar-refractivity contribution in [3.05, 3.63) is 89.0 Å². The highest BCUT2D eigenvalue weighted by molar-refractivity contribution is 5.95. The molecular weight excluding hydrogens is 448 g/mol. The molecule has 0 fully saturated rings. The molecule has 0 aliphatic heterocycles. The van der Waals surface area contributed by atoms with E-state index in [-0.39, 0.29) is 25.5 Å². The Labute approximate surface area is 202 Å². The van der Waals surface area contributed by atoms with Gasteiger partial charge in [0.15, 0.2) is 6.10 Å². The highest BCUT2D eigenvalue weighted by Crippen LogP contribution is 2.44. The van der Waals surface area contributed by atoms with Crippen LogP contribution in [0.15, 0.2) is 66.7 Å². The zero-order valence-corrected chi connectivity index (χ0v) is 19.2. The number of aliphatic carboxylic acids is 1. The molecule has 0 unspecified atom stereocenters. The Balaban J connectivity index is 1.34. The Kier molecular flexibility index (Phi) is 7.12. The lowest BCUT2D eigenvalue weighted by Crippen LogP contribution is -2.30. The number of benzene rings is 3. The fraction of sp³-hybridized carbons (Fsp3) is 0.222. The van der Waals surface area contributed by atoms with Crippen LogP contribution in [0.5, 0.6) is 0 Å². The molecule has 0 saturated carbocycles. The Morgan fingerprint density at radius 1 is 0.971 bits per heavy atom. The maximum atomic E-state index is 12.5. The summed E-state index contributed by atoms with van der Waals surface area (Å²) < 4.78 is 5.57. The number of aliphatic hydroxyl groups excluding tert-OH is 1. The van der Waals surface area contributed by atoms with Gasteiger partial charge in [0.05, 0.1) is 0 Å². The quantitative estimate of drug-likeness (QED) is 0.392. The van der Waals surface area contributed by atoms with Crippen molar-refractivity contribution in [2.75, 3.05) is 18.5 Å². The van der Waals surface area contributed by atoms with Gasteiger partial charge in [0.25, 0.3) is 5.91 Å². The second-order valence-corrected chi connectivity index (χ2v) is 8.38. The third-order valence-electron chi connectivity index (χ3n) is 6.06. The van der Waals surface area contributed by atoms with Gasteiger partial charge in [-0.15, -0.1) is 0 Å². The molecule has 4 N–H and O–H groups in total. The van der Waals surface area contributed by atoms with Crippen LogP contribution in [-0.4, -0.2) is 47.4 Å². The Hall–Kier alpha value is -4.17. The van der Waals surface area contributed by atoms with E-state index in [1.807, 2.05) is 24.3 Å². The van der Waals surface area contributed by atoms with Crippen LogP contribution < -0.4 is 10.6 Å². The molecule has 8 nitrogen and oxygen atoms in total. The first-order chi connectivity index (χ1) is 16.8. The summed E-state index contributed by atoms with van der Waals surface area (Å²) >= 11 is 0. The Bertz CT molecular complexity index is 1230. The number of rotatable bonds is 8. The Morgan fingerprint density at radius 2 is 1.60 bits per heavy atom. The molecule has 0 spiro atoms. The predicted molar refractivity (Wildman–Crippen MR) is 130 cm³/mol. The van der Waals surface area contributed by atoms with Crippen molar-refractivity contribution >= 4 is 23.7 Å². The lowest BCUT2D eigenvalue weighted by atomic mass is 9.98. The molecule has 8 heteroatoms. The summed E-state index contributed by atoms with van der Waals surface area (Å²) in [5.41, 5.74) is 6.09. The minimum Gasteiger partial charge on any atom is -0.479 e. The number of carboxylic acids is 1. The number of nitrogens with one attached hydrogen (secondary N) is 2. The fourth-order valence-corrected chi connectivity index (χ4v) is 4.24. The van der Waals surface area contributed by atoms with Gasteiger partial charge in [-0.2, -0.15) is 0 Å². The number of hydrogen-bond donors (Lipinski definition) is 4. The third-order valence-corrected chi connectivity index (χ3v) is 6.06. The van der Waals surface area contributed by atoms with E-state index in [2.05, 4.69) is 34.9 Å². The third kappa shape index (κ3) is 5.33. The van der Waals surface area contributed by atoms with E-state index in [0.717, 1.165) is 22.3 Å². The predicted octanol–water partition coefficient (Wildman–Crippen LogP) is 3.92. The molecule has 35 heavy (non-hydrogen) atoms. The first-order valence-corrected chi connectivity index (χ1v) is 11.3. The van der Waals surface area contributed by atoms with Gasteiger partial charge in [0.2, 0.25) is 0 Å². The molecule has 1 aliphatic carbocycles. The molecule has 4 rings (SSSR count). The van der Waals surface area contributed by atoms with Crippen LogP contribution in [0.25, 0.3) is 11.1 Å². The van der Waals surface area contributed by atoms with E-state index in [0.29, 0.717) is 16.8 Å². The van der Waals surface area contributed by atoms with Gasteiger partial charge in [0.1, 0.15) is 6.61 Å². The van der Waals surface area contributed by atoms with E-state index in [4.69, 9.17) is 9.84 Å². The molecule has 180 valence electrons. The number of carbonyl (C=O) groups is 3. The smallest absolute Gasteiger partial charge is 0.411 e. The molecule has 1 atom stereocenters. The first kappa shape index (κ1) is 24.0. The van der Waals surface area contributed by atoms with Crippen LogP contribution in [0.1, 0.15) is 39.4 Å². The molecule has 3 aromatic rings. The number of carbonyl (C=O) groups excluding carboxylic acids is 2. The van der Waals surface area contributed by atoms with Crippen LogP contribution in [0, 0.1) is 6.92 Å². The Morgan fingerprint density at radius 3 is 2.20 bits per heavy atom. The largest absolute Gasteiger partial charge is 0.479 e. The minimum absolute atomic E-state index is 0.0189. The summed E-state index contributed by atoms with van der Waals surface area (Å²) in [6.45, 7) is 1.97. The van der Waals surface area contributed by atoms with Gasteiger partial charge < -0.3 is 20.3 Å². The summed E-state index contributed by atoms with van der Waals surface area (Å²) in [6, 6.07) is 21.0. The standard InChI is InChI=1S/C27H26N2O6/c1-16-14-17(25(31)28-13-12-24(30)26(32)33)10-11-23(16)29-27(34)35-15-22-20-8-4-2-6-18(20)19-7-3-5-9-21(19)22/h2-11,14,22,24,30H,12-13,15H2,1H3,(H,28,31)(H,29,34)(H,32,33)/t24-/m0/s1. The average Bonchev–Trinajstić information content (AvgIpc) is 3.17. The number of amides is 2. The first-order valence-electron chi connectivity index (χ1n) is 11.3. The lowest BCUT2D eigenvalue weighted by Gasteiger charge is -2.15. The average molecular weight is 475 g/mol. The number of aryl methyl sites for hydroxylation is 1. The van der Waals surface area contributed by atoms with Gasteiger partial charge >= 0.3 is 12.1 Å². The monoisotopic (exact) mass is 474 g/mol. The van der Waals surface area contributed by atoms with E-state index in [9.17, 15) is 19.5 Å². The molecule has 2 amide bonds. The number of hydrogen-bond acceptors (Lipinski definition) is 5. The highest BCUT2D eigenvalue weighted by Gasteiger charge is 2.29. The van der Waals surface area contributed by atoms with Crippen LogP contribution in [0.2, 0.25) is 0 Å². The SMILES string of the molecule is Cc1cc(C(=O)NCC[C@H](O)C(=O)O)ccc1NC(=O)OCC1c2ccccc2-c2ccccc21. The molecule has 0 bridgehead atoms. The van der Waals surface area contributed by atoms with Gasteiger partial charge in [0, 0.05) is 30.1 Å². The molecule has 3 aromatic carbocycles. The normalized spacial score (nSPS) is 12.9. The van der Waals surface area contributed by atoms with Crippen LogP contribution >= 0.6 is 0 Å². The molecule has 1 aliphatic rings. The molecule has 0 radical (unpaired) electrons. The van der Waals surface area contributed by atoms with Crippen LogP contribution in [0.3, 0.4) is 0 Å². The van der Waals surface area contributed by atoms with Crippen molar-refractivity contribution in [1.29, 1.82) is 0 Å². The van der Waals surface area contributed by atoms with E-state index < -0.39 is 24.1 Å². The van der Waals surface area contributed by atoms with Crippen molar-refractivity contribution in [2.45, 2.75) is 25.4 Å². The van der Waals surface area contributed by atoms with Crippen LogP contribution in [0.4, 0.5) is 10.5 Å². The molecular formula is C27H26N2O6. The summed E-state index contributed by atoms with van der Waals surface area (Å²) in [4.78, 5) is 35.5. The van der Waals surface area contributed by atoms with E-state index >= 15 is 0 Å². The van der Waals surface area contributed by atoms with Crippen LogP contribution in [-0.2, 0) is 9.53 Å². The zero-order chi connectivity index (χ0) is 24.9. The molecule has 0 aromatic heterocycles. The second-order valence-electron chi connectivity index (χ2n) is 8.38. The number of ether oxygens (including phenoxy) is 1. The van der Waals surface area contributed by atoms with Gasteiger partial charge in [-0.3, -0.25) is 10.1 Å². The van der Waals surface area contributed by atoms with Crippen molar-refractivity contribution in [1.82, 2.24) is 5.32 Å². The number of carboxylic acid groups (broad SMARTS) is 1. The lowest BCUT2D eigenvalue weighted by molar-refractivity contribution is -0.146. The van der Waals surface area contributed by atoms with Crippen molar-refractivity contribution in [3.8, 4) is 11.1 Å². The van der Waals surface area contributed by atoms with Crippen molar-refractivity contribution in [3.63, 3.8) is 0 Å². The van der Waals surface area contributed by atoms with Gasteiger partial charge in [-0.05, 0) is 52.9 Å². The summed E-state index contributed by atoms with van der Waals surface area (Å²) in [6.07, 6.45) is -2.21. The number of anilines is 1. The summed E-state index contributed by atoms with van der Waals surface area (Å²) in [5, 5.41) is 23.3. The molecule has 0 saturated heterocycles. The molecule has 0 heterocycles. The summed E-state index contributed by atoms with van der Waals surface area (Å²) in [7, 11) is 0. The second kappa shape index (κ2) is 10.4. The van der Waals surface area contributed by atoms with Crippen molar-refractivity contribution < 1.29 is 29.3 Å². The maximum absolute atomic E-state index is 12.5. The zero-order valence-electron chi connectivity index (χ0n) is 19.2. The van der Waals surface area contributed by atoms with E-state index in [1.54, 1.807) is 25.1 Å². The number of aliphatic hydroxyl groups is 1. The van der Waals surface area contributed by atoms with Gasteiger partial charge in [-0.25, -0.2) is 9.59 Å². The topological polar surface area (TPSA) is 125 Å². The fourth-order valence-electron chi connectivity index (χ4n) is 4.24. The number of fused-ring (bicyclic) bond motifs is 3. The van der Waals surface area contributed by atoms with Crippen molar-refractivity contribution in [2.24, 2.45) is 0 Å². The summed E-state index contributed by atoms with van der Waals surface area (Å²) in [5.74, 6) is -1.78. The highest BCUT2D eigenvalue weighted by atomic mass is 16.5. The maximum Gasteiger partial charge on any atom is 0.411 e. The van der Waals surface area contributed by atoms with Gasteiger partial charge in [-0.1, -0.05) is 48.5 Å².